The van der Waals surface area contributed by atoms with Gasteiger partial charge in [-0.25, -0.2) is 0 Å². The molecule has 1 aliphatic rings. The number of morpholine rings is 1. The van der Waals surface area contributed by atoms with Crippen molar-refractivity contribution >= 4 is 19.9 Å². The smallest absolute Gasteiger partial charge is 0.0919 e. The minimum absolute atomic E-state index is 0.191. The van der Waals surface area contributed by atoms with E-state index in [1.807, 2.05) is 0 Å². The average molecular weight is 161 g/mol. The van der Waals surface area contributed by atoms with E-state index in [0.717, 1.165) is 13.2 Å². The number of nitrogens with zero attached hydrogens (tertiary/aromatic N) is 1. The zero-order valence-corrected chi connectivity index (χ0v) is 9.51. The molecule has 0 atom stereocenters. The molecule has 2 nitrogen and oxygen atoms in total. The molecule has 0 aromatic carbocycles. The molecule has 0 aliphatic carbocycles. The molecule has 0 aromatic heterocycles. The van der Waals surface area contributed by atoms with Gasteiger partial charge in [0, 0.05) is 23.3 Å². The first-order valence-electron chi connectivity index (χ1n) is 3.73. The summed E-state index contributed by atoms with van der Waals surface area (Å²) < 4.78 is 7.86. The van der Waals surface area contributed by atoms with Crippen LogP contribution < -0.4 is 0 Å². The van der Waals surface area contributed by atoms with Crippen LogP contribution in [0.5, 0.6) is 0 Å². The molecule has 1 heterocycles. The molecule has 0 amide bonds. The zero-order valence-electron chi connectivity index (χ0n) is 6.10. The lowest BCUT2D eigenvalue weighted by molar-refractivity contribution is 0.0725. The van der Waals surface area contributed by atoms with E-state index in [4.69, 9.17) is 4.74 Å². The van der Waals surface area contributed by atoms with Crippen LogP contribution in [0.3, 0.4) is 0 Å². The van der Waals surface area contributed by atoms with Crippen LogP contribution in [0.2, 0.25) is 5.67 Å². The fourth-order valence-electron chi connectivity index (χ4n) is 1.14. The SMILES string of the molecule is [SiH3]C[SiH2]N1CCOCC1. The van der Waals surface area contributed by atoms with Crippen molar-refractivity contribution in [3.63, 3.8) is 0 Å². The minimum atomic E-state index is 0.191. The van der Waals surface area contributed by atoms with Crippen LogP contribution in [-0.2, 0) is 4.74 Å². The summed E-state index contributed by atoms with van der Waals surface area (Å²) >= 11 is 0. The van der Waals surface area contributed by atoms with Crippen LogP contribution in [0.25, 0.3) is 0 Å². The van der Waals surface area contributed by atoms with Crippen LogP contribution in [0, 0.1) is 0 Å². The summed E-state index contributed by atoms with van der Waals surface area (Å²) in [6.07, 6.45) is 0. The zero-order chi connectivity index (χ0) is 6.53. The molecule has 9 heavy (non-hydrogen) atoms. The normalized spacial score (nSPS) is 24.0. The highest BCUT2D eigenvalue weighted by molar-refractivity contribution is 6.44. The molecule has 1 fully saturated rings. The van der Waals surface area contributed by atoms with Crippen molar-refractivity contribution in [1.29, 1.82) is 0 Å². The molecule has 1 aliphatic heterocycles. The molecule has 54 valence electrons. The Hall–Kier alpha value is 0.354. The minimum Gasteiger partial charge on any atom is -0.379 e. The topological polar surface area (TPSA) is 12.5 Å². The van der Waals surface area contributed by atoms with E-state index in [9.17, 15) is 0 Å². The van der Waals surface area contributed by atoms with Gasteiger partial charge in [0.25, 0.3) is 0 Å². The Morgan fingerprint density at radius 3 is 2.67 bits per heavy atom. The van der Waals surface area contributed by atoms with E-state index < -0.39 is 0 Å². The largest absolute Gasteiger partial charge is 0.379 e. The predicted octanol–water partition coefficient (Wildman–Crippen LogP) is -1.86. The van der Waals surface area contributed by atoms with Gasteiger partial charge in [0.2, 0.25) is 0 Å². The van der Waals surface area contributed by atoms with Gasteiger partial charge in [-0.15, -0.1) is 0 Å². The molecule has 1 rings (SSSR count). The fraction of sp³-hybridized carbons (Fsp3) is 1.00. The van der Waals surface area contributed by atoms with Gasteiger partial charge in [-0.1, -0.05) is 5.67 Å². The first-order valence-corrected chi connectivity index (χ1v) is 6.78. The van der Waals surface area contributed by atoms with E-state index in [1.54, 1.807) is 5.67 Å². The van der Waals surface area contributed by atoms with Crippen molar-refractivity contribution < 1.29 is 4.74 Å². The van der Waals surface area contributed by atoms with Crippen LogP contribution in [-0.4, -0.2) is 50.8 Å². The van der Waals surface area contributed by atoms with Crippen molar-refractivity contribution in [1.82, 2.24) is 4.57 Å². The molecule has 0 saturated carbocycles. The highest BCUT2D eigenvalue weighted by Gasteiger charge is 2.07. The highest BCUT2D eigenvalue weighted by atomic mass is 28.3. The van der Waals surface area contributed by atoms with Gasteiger partial charge < -0.3 is 9.30 Å². The van der Waals surface area contributed by atoms with E-state index >= 15 is 0 Å². The second-order valence-corrected chi connectivity index (χ2v) is 7.80. The standard InChI is InChI=1S/C5H15NOSi2/c8-5-9-6-1-3-7-4-2-6/h1-5,9H2,8H3. The van der Waals surface area contributed by atoms with E-state index in [-0.39, 0.29) is 9.68 Å². The number of hydrogen-bond acceptors (Lipinski definition) is 2. The molecule has 0 radical (unpaired) electrons. The molecule has 0 N–H and O–H groups in total. The van der Waals surface area contributed by atoms with Gasteiger partial charge in [-0.05, 0) is 0 Å². The Balaban J connectivity index is 2.08. The fourth-order valence-corrected chi connectivity index (χ4v) is 4.38. The maximum Gasteiger partial charge on any atom is 0.0919 e. The third-order valence-electron chi connectivity index (χ3n) is 1.64. The van der Waals surface area contributed by atoms with Gasteiger partial charge >= 0.3 is 0 Å². The lowest BCUT2D eigenvalue weighted by Gasteiger charge is -2.25. The van der Waals surface area contributed by atoms with Crippen LogP contribution in [0.1, 0.15) is 0 Å². The maximum atomic E-state index is 5.24. The van der Waals surface area contributed by atoms with Crippen molar-refractivity contribution in [3.05, 3.63) is 0 Å². The van der Waals surface area contributed by atoms with Crippen molar-refractivity contribution in [2.75, 3.05) is 26.3 Å². The molecule has 0 aromatic rings. The summed E-state index contributed by atoms with van der Waals surface area (Å²) in [5.41, 5.74) is 1.54. The first kappa shape index (κ1) is 7.46. The number of ether oxygens (including phenoxy) is 1. The molecule has 0 spiro atoms. The highest BCUT2D eigenvalue weighted by Crippen LogP contribution is 1.94. The Morgan fingerprint density at radius 2 is 2.11 bits per heavy atom. The van der Waals surface area contributed by atoms with Gasteiger partial charge in [-0.2, -0.15) is 0 Å². The Morgan fingerprint density at radius 1 is 1.44 bits per heavy atom. The van der Waals surface area contributed by atoms with E-state index in [1.165, 1.54) is 23.3 Å². The first-order chi connectivity index (χ1) is 4.43. The van der Waals surface area contributed by atoms with Crippen LogP contribution >= 0.6 is 0 Å². The second kappa shape index (κ2) is 4.21. The number of rotatable bonds is 2. The molecule has 0 unspecified atom stereocenters. The predicted molar refractivity (Wildman–Crippen MR) is 45.7 cm³/mol. The molecule has 1 saturated heterocycles. The quantitative estimate of drug-likeness (QED) is 0.441. The van der Waals surface area contributed by atoms with E-state index in [0.29, 0.717) is 0 Å². The van der Waals surface area contributed by atoms with Crippen molar-refractivity contribution in [2.45, 2.75) is 5.67 Å². The van der Waals surface area contributed by atoms with Crippen LogP contribution in [0.15, 0.2) is 0 Å². The third kappa shape index (κ3) is 2.62. The Bertz CT molecular complexity index is 72.6. The number of hydrogen-bond donors (Lipinski definition) is 0. The van der Waals surface area contributed by atoms with Crippen molar-refractivity contribution in [3.8, 4) is 0 Å². The van der Waals surface area contributed by atoms with Crippen molar-refractivity contribution in [2.24, 2.45) is 0 Å². The van der Waals surface area contributed by atoms with E-state index in [2.05, 4.69) is 4.57 Å². The summed E-state index contributed by atoms with van der Waals surface area (Å²) in [4.78, 5) is 0. The molecular formula is C5H15NOSi2. The van der Waals surface area contributed by atoms with Gasteiger partial charge in [0.05, 0.1) is 22.9 Å². The molecule has 0 bridgehead atoms. The van der Waals surface area contributed by atoms with Gasteiger partial charge in [0.1, 0.15) is 0 Å². The Kier molecular flexibility index (Phi) is 3.49. The summed E-state index contributed by atoms with van der Waals surface area (Å²) in [5.74, 6) is 0. The maximum absolute atomic E-state index is 5.24. The second-order valence-electron chi connectivity index (χ2n) is 2.45. The Labute approximate surface area is 61.9 Å². The summed E-state index contributed by atoms with van der Waals surface area (Å²) in [7, 11) is 1.59. The van der Waals surface area contributed by atoms with Gasteiger partial charge in [0.15, 0.2) is 0 Å². The summed E-state index contributed by atoms with van der Waals surface area (Å²) in [6, 6.07) is 0. The van der Waals surface area contributed by atoms with Crippen LogP contribution in [0.4, 0.5) is 0 Å². The molecule has 4 heteroatoms. The summed E-state index contributed by atoms with van der Waals surface area (Å²) in [5, 5.41) is 0. The third-order valence-corrected chi connectivity index (χ3v) is 4.70. The monoisotopic (exact) mass is 161 g/mol. The van der Waals surface area contributed by atoms with Gasteiger partial charge in [-0.3, -0.25) is 0 Å². The molecular weight excluding hydrogens is 146 g/mol. The summed E-state index contributed by atoms with van der Waals surface area (Å²) in [6.45, 7) is 4.39. The lowest BCUT2D eigenvalue weighted by atomic mass is 10.5. The average Bonchev–Trinajstić information content (AvgIpc) is 1.91. The lowest BCUT2D eigenvalue weighted by Crippen LogP contribution is -2.38.